The summed E-state index contributed by atoms with van der Waals surface area (Å²) >= 11 is 3.39. The zero-order chi connectivity index (χ0) is 13.1. The van der Waals surface area contributed by atoms with E-state index in [4.69, 9.17) is 0 Å². The smallest absolute Gasteiger partial charge is 0.269 e. The van der Waals surface area contributed by atoms with Crippen LogP contribution in [0.3, 0.4) is 0 Å². The van der Waals surface area contributed by atoms with E-state index in [-0.39, 0.29) is 5.91 Å². The summed E-state index contributed by atoms with van der Waals surface area (Å²) < 4.78 is 2.69. The van der Waals surface area contributed by atoms with Crippen LogP contribution in [-0.4, -0.2) is 47.4 Å². The molecule has 2 aromatic heterocycles. The van der Waals surface area contributed by atoms with Gasteiger partial charge in [-0.05, 0) is 42.2 Å². The second kappa shape index (κ2) is 5.49. The lowest BCUT2D eigenvalue weighted by atomic mass is 10.4. The SMILES string of the molecule is CN(C)CCNC(=O)c1cnc2ccc(Br)cn12. The van der Waals surface area contributed by atoms with Crippen LogP contribution in [0.1, 0.15) is 10.5 Å². The third kappa shape index (κ3) is 2.88. The molecule has 1 N–H and O–H groups in total. The molecular formula is C12H15BrN4O. The van der Waals surface area contributed by atoms with Crippen molar-refractivity contribution in [3.63, 3.8) is 0 Å². The zero-order valence-electron chi connectivity index (χ0n) is 10.4. The molecule has 6 heteroatoms. The van der Waals surface area contributed by atoms with Crippen molar-refractivity contribution in [1.29, 1.82) is 0 Å². The van der Waals surface area contributed by atoms with Crippen molar-refractivity contribution >= 4 is 27.5 Å². The molecule has 2 heterocycles. The first-order chi connectivity index (χ1) is 8.58. The Morgan fingerprint density at radius 1 is 1.50 bits per heavy atom. The standard InChI is InChI=1S/C12H15BrN4O/c1-16(2)6-5-14-12(18)10-7-15-11-4-3-9(13)8-17(10)11/h3-4,7-8H,5-6H2,1-2H3,(H,14,18). The van der Waals surface area contributed by atoms with Crippen molar-refractivity contribution in [2.75, 3.05) is 27.2 Å². The number of likely N-dealkylation sites (N-methyl/N-ethyl adjacent to an activating group) is 1. The largest absolute Gasteiger partial charge is 0.349 e. The van der Waals surface area contributed by atoms with Crippen molar-refractivity contribution in [2.45, 2.75) is 0 Å². The van der Waals surface area contributed by atoms with Gasteiger partial charge in [0.05, 0.1) is 6.20 Å². The Morgan fingerprint density at radius 2 is 2.28 bits per heavy atom. The van der Waals surface area contributed by atoms with Gasteiger partial charge >= 0.3 is 0 Å². The first kappa shape index (κ1) is 13.0. The summed E-state index contributed by atoms with van der Waals surface area (Å²) in [5, 5.41) is 2.87. The summed E-state index contributed by atoms with van der Waals surface area (Å²) in [6, 6.07) is 3.76. The minimum Gasteiger partial charge on any atom is -0.349 e. The number of hydrogen-bond donors (Lipinski definition) is 1. The monoisotopic (exact) mass is 310 g/mol. The van der Waals surface area contributed by atoms with Gasteiger partial charge < -0.3 is 10.2 Å². The van der Waals surface area contributed by atoms with E-state index in [1.54, 1.807) is 10.6 Å². The Hall–Kier alpha value is -1.40. The highest BCUT2D eigenvalue weighted by atomic mass is 79.9. The average Bonchev–Trinajstić information content (AvgIpc) is 2.71. The number of amides is 1. The Kier molecular flexibility index (Phi) is 3.98. The second-order valence-electron chi connectivity index (χ2n) is 4.28. The van der Waals surface area contributed by atoms with Gasteiger partial charge in [0.25, 0.3) is 5.91 Å². The number of aromatic nitrogens is 2. The molecule has 0 unspecified atom stereocenters. The number of fused-ring (bicyclic) bond motifs is 1. The third-order valence-electron chi connectivity index (χ3n) is 2.55. The van der Waals surface area contributed by atoms with Crippen LogP contribution >= 0.6 is 15.9 Å². The molecule has 0 atom stereocenters. The Balaban J connectivity index is 2.15. The van der Waals surface area contributed by atoms with Crippen LogP contribution in [0.2, 0.25) is 0 Å². The molecule has 0 bridgehead atoms. The molecule has 96 valence electrons. The van der Waals surface area contributed by atoms with Gasteiger partial charge in [0.2, 0.25) is 0 Å². The molecular weight excluding hydrogens is 296 g/mol. The lowest BCUT2D eigenvalue weighted by Crippen LogP contribution is -2.31. The minimum absolute atomic E-state index is 0.109. The molecule has 0 aromatic carbocycles. The molecule has 18 heavy (non-hydrogen) atoms. The maximum absolute atomic E-state index is 12.0. The molecule has 0 radical (unpaired) electrons. The summed E-state index contributed by atoms with van der Waals surface area (Å²) in [7, 11) is 3.94. The number of pyridine rings is 1. The van der Waals surface area contributed by atoms with Gasteiger partial charge in [-0.1, -0.05) is 0 Å². The number of imidazole rings is 1. The van der Waals surface area contributed by atoms with Crippen molar-refractivity contribution in [3.8, 4) is 0 Å². The first-order valence-electron chi connectivity index (χ1n) is 5.63. The van der Waals surface area contributed by atoms with Gasteiger partial charge in [0, 0.05) is 23.8 Å². The molecule has 0 aliphatic carbocycles. The summed E-state index contributed by atoms with van der Waals surface area (Å²) in [4.78, 5) is 18.2. The van der Waals surface area contributed by atoms with Gasteiger partial charge in [0.1, 0.15) is 11.3 Å². The Morgan fingerprint density at radius 3 is 3.00 bits per heavy atom. The predicted octanol–water partition coefficient (Wildman–Crippen LogP) is 1.39. The van der Waals surface area contributed by atoms with E-state index in [2.05, 4.69) is 26.2 Å². The van der Waals surface area contributed by atoms with Crippen molar-refractivity contribution in [2.24, 2.45) is 0 Å². The molecule has 2 rings (SSSR count). The number of carbonyl (C=O) groups excluding carboxylic acids is 1. The second-order valence-corrected chi connectivity index (χ2v) is 5.19. The number of carbonyl (C=O) groups is 1. The molecule has 0 aliphatic rings. The lowest BCUT2D eigenvalue weighted by Gasteiger charge is -2.10. The topological polar surface area (TPSA) is 49.6 Å². The molecule has 0 spiro atoms. The number of rotatable bonds is 4. The summed E-state index contributed by atoms with van der Waals surface area (Å²) in [5.74, 6) is -0.109. The van der Waals surface area contributed by atoms with Crippen LogP contribution < -0.4 is 5.32 Å². The summed E-state index contributed by atoms with van der Waals surface area (Å²) in [5.41, 5.74) is 1.31. The van der Waals surface area contributed by atoms with E-state index in [1.165, 1.54) is 0 Å². The minimum atomic E-state index is -0.109. The van der Waals surface area contributed by atoms with Gasteiger partial charge in [-0.25, -0.2) is 4.98 Å². The van der Waals surface area contributed by atoms with Crippen LogP contribution in [0.5, 0.6) is 0 Å². The molecule has 0 saturated carbocycles. The number of nitrogens with one attached hydrogen (secondary N) is 1. The van der Waals surface area contributed by atoms with Crippen LogP contribution in [0, 0.1) is 0 Å². The molecule has 5 nitrogen and oxygen atoms in total. The first-order valence-corrected chi connectivity index (χ1v) is 6.43. The quantitative estimate of drug-likeness (QED) is 0.928. The van der Waals surface area contributed by atoms with Crippen molar-refractivity contribution < 1.29 is 4.79 Å². The summed E-state index contributed by atoms with van der Waals surface area (Å²) in [6.45, 7) is 1.43. The lowest BCUT2D eigenvalue weighted by molar-refractivity contribution is 0.0945. The van der Waals surface area contributed by atoms with E-state index in [0.717, 1.165) is 16.7 Å². The Bertz CT molecular complexity index is 564. The van der Waals surface area contributed by atoms with Crippen molar-refractivity contribution in [3.05, 3.63) is 34.7 Å². The molecule has 0 fully saturated rings. The third-order valence-corrected chi connectivity index (χ3v) is 3.02. The highest BCUT2D eigenvalue weighted by Gasteiger charge is 2.11. The van der Waals surface area contributed by atoms with Gasteiger partial charge in [0.15, 0.2) is 0 Å². The van der Waals surface area contributed by atoms with Gasteiger partial charge in [-0.15, -0.1) is 0 Å². The van der Waals surface area contributed by atoms with E-state index in [1.807, 2.05) is 37.3 Å². The summed E-state index contributed by atoms with van der Waals surface area (Å²) in [6.07, 6.45) is 3.43. The van der Waals surface area contributed by atoms with E-state index in [0.29, 0.717) is 12.2 Å². The van der Waals surface area contributed by atoms with E-state index < -0.39 is 0 Å². The molecule has 0 aliphatic heterocycles. The number of nitrogens with zero attached hydrogens (tertiary/aromatic N) is 3. The van der Waals surface area contributed by atoms with Crippen LogP contribution in [-0.2, 0) is 0 Å². The maximum atomic E-state index is 12.0. The fourth-order valence-electron chi connectivity index (χ4n) is 1.61. The molecule has 0 saturated heterocycles. The van der Waals surface area contributed by atoms with E-state index >= 15 is 0 Å². The highest BCUT2D eigenvalue weighted by molar-refractivity contribution is 9.10. The molecule has 2 aromatic rings. The predicted molar refractivity (Wildman–Crippen MR) is 73.8 cm³/mol. The highest BCUT2D eigenvalue weighted by Crippen LogP contribution is 2.13. The normalized spacial score (nSPS) is 11.1. The van der Waals surface area contributed by atoms with Crippen LogP contribution in [0.15, 0.2) is 29.0 Å². The van der Waals surface area contributed by atoms with Gasteiger partial charge in [-0.3, -0.25) is 9.20 Å². The van der Waals surface area contributed by atoms with Crippen molar-refractivity contribution in [1.82, 2.24) is 19.6 Å². The Labute approximate surface area is 114 Å². The maximum Gasteiger partial charge on any atom is 0.269 e. The fourth-order valence-corrected chi connectivity index (χ4v) is 1.94. The zero-order valence-corrected chi connectivity index (χ0v) is 11.9. The van der Waals surface area contributed by atoms with Crippen LogP contribution in [0.4, 0.5) is 0 Å². The van der Waals surface area contributed by atoms with E-state index in [9.17, 15) is 4.79 Å². The number of hydrogen-bond acceptors (Lipinski definition) is 3. The van der Waals surface area contributed by atoms with Crippen LogP contribution in [0.25, 0.3) is 5.65 Å². The average molecular weight is 311 g/mol. The number of halogens is 1. The molecule has 1 amide bonds. The fraction of sp³-hybridized carbons (Fsp3) is 0.333. The van der Waals surface area contributed by atoms with Gasteiger partial charge in [-0.2, -0.15) is 0 Å².